The van der Waals surface area contributed by atoms with Crippen LogP contribution in [0.3, 0.4) is 0 Å². The number of pyridine rings is 1. The first-order valence-electron chi connectivity index (χ1n) is 16.2. The first-order chi connectivity index (χ1) is 24.1. The second kappa shape index (κ2) is 15.5. The van der Waals surface area contributed by atoms with Crippen LogP contribution in [0.4, 0.5) is 10.1 Å². The lowest BCUT2D eigenvalue weighted by atomic mass is 9.86. The molecule has 50 heavy (non-hydrogen) atoms. The number of nitrogens with one attached hydrogen (secondary N) is 1. The second-order valence-corrected chi connectivity index (χ2v) is 13.1. The Morgan fingerprint density at radius 3 is 2.28 bits per heavy atom. The Bertz CT molecular complexity index is 1830. The van der Waals surface area contributed by atoms with Crippen molar-refractivity contribution in [2.24, 2.45) is 5.92 Å². The van der Waals surface area contributed by atoms with Crippen molar-refractivity contribution in [3.8, 4) is 11.5 Å². The summed E-state index contributed by atoms with van der Waals surface area (Å²) in [4.78, 5) is 29.4. The van der Waals surface area contributed by atoms with Gasteiger partial charge >= 0.3 is 11.9 Å². The standard InChI is InChI=1S/C37H36Cl2FN3O7/c1-47-31-11-9-24(17-33(31)48-2)32(18-26-27(38)19-43(46)20-28(26)39)49-36(44)25-8-10-30(29(40)16-25)41-35(23-6-4-3-5-7-23)37(45)50-34-21-42-14-12-22(34)13-15-42/h3-11,16-17,19-20,22,32,34-35,41H,12-15,18,21H2,1-2H3/t32-,34-,35?/m0/s1. The fourth-order valence-corrected chi connectivity index (χ4v) is 7.09. The second-order valence-electron chi connectivity index (χ2n) is 12.3. The summed E-state index contributed by atoms with van der Waals surface area (Å²) in [6.07, 6.45) is 3.03. The van der Waals surface area contributed by atoms with Gasteiger partial charge in [0.2, 0.25) is 0 Å². The molecule has 262 valence electrons. The lowest BCUT2D eigenvalue weighted by Gasteiger charge is -2.44. The molecule has 10 nitrogen and oxygen atoms in total. The fraction of sp³-hybridized carbons (Fsp3) is 0.324. The monoisotopic (exact) mass is 723 g/mol. The van der Waals surface area contributed by atoms with Gasteiger partial charge in [-0.2, -0.15) is 4.73 Å². The smallest absolute Gasteiger partial charge is 0.338 e. The van der Waals surface area contributed by atoms with Gasteiger partial charge in [0.05, 0.1) is 25.5 Å². The SMILES string of the molecule is COc1ccc([C@H](Cc2c(Cl)c[n+]([O-])cc2Cl)OC(=O)c2ccc(NC(C(=O)O[C@H]3CN4CCC3CC4)c3ccccc3)c(F)c2)cc1OC. The average molecular weight is 725 g/mol. The van der Waals surface area contributed by atoms with Gasteiger partial charge in [-0.25, -0.2) is 14.0 Å². The zero-order valence-corrected chi connectivity index (χ0v) is 29.0. The molecule has 1 unspecified atom stereocenters. The molecular formula is C37H36Cl2FN3O7. The maximum Gasteiger partial charge on any atom is 0.338 e. The normalized spacial score (nSPS) is 19.3. The summed E-state index contributed by atoms with van der Waals surface area (Å²) in [6.45, 7) is 2.70. The van der Waals surface area contributed by atoms with Crippen molar-refractivity contribution in [2.45, 2.75) is 37.5 Å². The highest BCUT2D eigenvalue weighted by Crippen LogP contribution is 2.36. The lowest BCUT2D eigenvalue weighted by Crippen LogP contribution is -2.52. The van der Waals surface area contributed by atoms with Crippen molar-refractivity contribution in [1.82, 2.24) is 4.90 Å². The van der Waals surface area contributed by atoms with Gasteiger partial charge in [-0.15, -0.1) is 0 Å². The van der Waals surface area contributed by atoms with Crippen LogP contribution in [-0.2, 0) is 20.7 Å². The van der Waals surface area contributed by atoms with Gasteiger partial charge in [-0.1, -0.05) is 59.6 Å². The van der Waals surface area contributed by atoms with E-state index in [-0.39, 0.29) is 33.8 Å². The van der Waals surface area contributed by atoms with Crippen LogP contribution in [-0.4, -0.2) is 56.8 Å². The molecule has 2 bridgehead atoms. The van der Waals surface area contributed by atoms with Gasteiger partial charge in [-0.3, -0.25) is 4.90 Å². The summed E-state index contributed by atoms with van der Waals surface area (Å²) >= 11 is 12.7. The molecule has 0 spiro atoms. The summed E-state index contributed by atoms with van der Waals surface area (Å²) in [5.41, 5.74) is 1.42. The number of benzene rings is 3. The van der Waals surface area contributed by atoms with Crippen molar-refractivity contribution in [3.63, 3.8) is 0 Å². The molecule has 3 fully saturated rings. The Morgan fingerprint density at radius 1 is 0.960 bits per heavy atom. The zero-order valence-electron chi connectivity index (χ0n) is 27.4. The number of carbonyl (C=O) groups excluding carboxylic acids is 2. The van der Waals surface area contributed by atoms with E-state index in [1.54, 1.807) is 42.5 Å². The third kappa shape index (κ3) is 7.90. The minimum absolute atomic E-state index is 0.00600. The molecule has 3 aliphatic heterocycles. The minimum atomic E-state index is -0.985. The van der Waals surface area contributed by atoms with Crippen LogP contribution in [0.1, 0.15) is 52.0 Å². The largest absolute Gasteiger partial charge is 0.619 e. The van der Waals surface area contributed by atoms with E-state index in [0.29, 0.717) is 45.4 Å². The van der Waals surface area contributed by atoms with E-state index in [4.69, 9.17) is 42.1 Å². The predicted molar refractivity (Wildman–Crippen MR) is 185 cm³/mol. The highest BCUT2D eigenvalue weighted by Gasteiger charge is 2.38. The number of piperidine rings is 3. The molecule has 1 aromatic heterocycles. The van der Waals surface area contributed by atoms with Gasteiger partial charge in [0.15, 0.2) is 29.9 Å². The molecule has 3 saturated heterocycles. The molecule has 0 saturated carbocycles. The number of methoxy groups -OCH3 is 2. The molecule has 1 N–H and O–H groups in total. The molecule has 4 heterocycles. The third-order valence-electron chi connectivity index (χ3n) is 9.21. The number of anilines is 1. The van der Waals surface area contributed by atoms with E-state index < -0.39 is 29.9 Å². The highest BCUT2D eigenvalue weighted by atomic mass is 35.5. The van der Waals surface area contributed by atoms with Crippen LogP contribution >= 0.6 is 23.2 Å². The minimum Gasteiger partial charge on any atom is -0.619 e. The number of halogens is 3. The molecule has 4 aromatic rings. The van der Waals surface area contributed by atoms with E-state index in [1.807, 2.05) is 6.07 Å². The van der Waals surface area contributed by atoms with E-state index in [0.717, 1.165) is 44.4 Å². The average Bonchev–Trinajstić information content (AvgIpc) is 3.12. The van der Waals surface area contributed by atoms with Crippen LogP contribution in [0.5, 0.6) is 11.5 Å². The summed E-state index contributed by atoms with van der Waals surface area (Å²) in [7, 11) is 2.96. The highest BCUT2D eigenvalue weighted by molar-refractivity contribution is 6.35. The number of fused-ring (bicyclic) bond motifs is 3. The van der Waals surface area contributed by atoms with E-state index in [2.05, 4.69) is 10.2 Å². The number of rotatable bonds is 12. The Balaban J connectivity index is 1.23. The molecule has 3 atom stereocenters. The number of hydrogen-bond acceptors (Lipinski definition) is 9. The predicted octanol–water partition coefficient (Wildman–Crippen LogP) is 6.71. The van der Waals surface area contributed by atoms with Crippen LogP contribution in [0, 0.1) is 16.9 Å². The number of ether oxygens (including phenoxy) is 4. The van der Waals surface area contributed by atoms with Crippen LogP contribution < -0.4 is 19.5 Å². The number of nitrogens with zero attached hydrogens (tertiary/aromatic N) is 2. The maximum atomic E-state index is 15.7. The maximum absolute atomic E-state index is 15.7. The fourth-order valence-electron chi connectivity index (χ4n) is 6.49. The van der Waals surface area contributed by atoms with E-state index >= 15 is 4.39 Å². The van der Waals surface area contributed by atoms with Crippen molar-refractivity contribution in [2.75, 3.05) is 39.2 Å². The summed E-state index contributed by atoms with van der Waals surface area (Å²) in [5, 5.41) is 15.0. The number of carbonyl (C=O) groups is 2. The van der Waals surface area contributed by atoms with Crippen LogP contribution in [0.25, 0.3) is 0 Å². The zero-order chi connectivity index (χ0) is 35.4. The van der Waals surface area contributed by atoms with Gasteiger partial charge < -0.3 is 29.5 Å². The van der Waals surface area contributed by atoms with Gasteiger partial charge in [-0.05, 0) is 73.3 Å². The first-order valence-corrected chi connectivity index (χ1v) is 16.9. The molecule has 13 heteroatoms. The molecule has 3 aromatic carbocycles. The van der Waals surface area contributed by atoms with Gasteiger partial charge in [0, 0.05) is 18.5 Å². The van der Waals surface area contributed by atoms with Crippen molar-refractivity contribution >= 4 is 40.8 Å². The van der Waals surface area contributed by atoms with Crippen molar-refractivity contribution < 1.29 is 37.7 Å². The first kappa shape index (κ1) is 35.3. The van der Waals surface area contributed by atoms with Crippen molar-refractivity contribution in [3.05, 3.63) is 122 Å². The van der Waals surface area contributed by atoms with Crippen LogP contribution in [0.2, 0.25) is 10.0 Å². The third-order valence-corrected chi connectivity index (χ3v) is 9.86. The number of hydrogen-bond donors (Lipinski definition) is 1. The summed E-state index contributed by atoms with van der Waals surface area (Å²) in [6, 6.07) is 16.8. The summed E-state index contributed by atoms with van der Waals surface area (Å²) in [5.74, 6) is -0.962. The molecule has 0 aliphatic carbocycles. The van der Waals surface area contributed by atoms with Crippen molar-refractivity contribution in [1.29, 1.82) is 0 Å². The summed E-state index contributed by atoms with van der Waals surface area (Å²) < 4.78 is 38.9. The molecular weight excluding hydrogens is 688 g/mol. The Kier molecular flexibility index (Phi) is 11.0. The molecule has 7 rings (SSSR count). The molecule has 3 aliphatic rings. The van der Waals surface area contributed by atoms with Gasteiger partial charge in [0.1, 0.15) is 28.1 Å². The quantitative estimate of drug-likeness (QED) is 0.0968. The number of esters is 2. The van der Waals surface area contributed by atoms with E-state index in [1.165, 1.54) is 26.4 Å². The van der Waals surface area contributed by atoms with Gasteiger partial charge in [0.25, 0.3) is 0 Å². The van der Waals surface area contributed by atoms with E-state index in [9.17, 15) is 14.8 Å². The molecule has 0 radical (unpaired) electrons. The van der Waals surface area contributed by atoms with Crippen LogP contribution in [0.15, 0.2) is 79.1 Å². The Labute approximate surface area is 299 Å². The Hall–Kier alpha value is -4.58. The Morgan fingerprint density at radius 2 is 1.66 bits per heavy atom. The number of aromatic nitrogens is 1. The molecule has 0 amide bonds. The lowest BCUT2D eigenvalue weighted by molar-refractivity contribution is -0.605. The topological polar surface area (TPSA) is 113 Å².